The smallest absolute Gasteiger partial charge is 0.305 e. The highest BCUT2D eigenvalue weighted by atomic mass is 28.4. The Morgan fingerprint density at radius 1 is 1.02 bits per heavy atom. The zero-order valence-corrected chi connectivity index (χ0v) is 31.4. The van der Waals surface area contributed by atoms with Crippen molar-refractivity contribution >= 4 is 22.6 Å². The minimum atomic E-state index is -2.07. The van der Waals surface area contributed by atoms with Crippen LogP contribution in [0.4, 0.5) is 4.39 Å². The molecule has 2 aliphatic carbocycles. The molecule has 0 bridgehead atoms. The Labute approximate surface area is 264 Å². The fourth-order valence-electron chi connectivity index (χ4n) is 6.61. The van der Waals surface area contributed by atoms with Crippen LogP contribution in [0.25, 0.3) is 0 Å². The van der Waals surface area contributed by atoms with Gasteiger partial charge in [0.05, 0.1) is 25.4 Å². The molecule has 3 aliphatic rings. The van der Waals surface area contributed by atoms with E-state index >= 15 is 4.39 Å². The molecule has 0 amide bonds. The van der Waals surface area contributed by atoms with Gasteiger partial charge in [-0.05, 0) is 80.2 Å². The number of hydrogen-bond acceptors (Lipinski definition) is 6. The highest BCUT2D eigenvalue weighted by Gasteiger charge is 2.59. The first-order chi connectivity index (χ1) is 19.8. The minimum absolute atomic E-state index is 0.0106. The Morgan fingerprint density at radius 3 is 2.16 bits per heavy atom. The predicted molar refractivity (Wildman–Crippen MR) is 177 cm³/mol. The van der Waals surface area contributed by atoms with Crippen molar-refractivity contribution in [2.24, 2.45) is 17.8 Å². The van der Waals surface area contributed by atoms with E-state index in [0.717, 1.165) is 6.42 Å². The van der Waals surface area contributed by atoms with E-state index in [1.54, 1.807) is 7.11 Å². The van der Waals surface area contributed by atoms with Crippen LogP contribution in [0.3, 0.4) is 0 Å². The van der Waals surface area contributed by atoms with Gasteiger partial charge in [0.25, 0.3) is 0 Å². The summed E-state index contributed by atoms with van der Waals surface area (Å²) in [6, 6.07) is 0. The van der Waals surface area contributed by atoms with Crippen molar-refractivity contribution in [3.8, 4) is 0 Å². The Kier molecular flexibility index (Phi) is 12.0. The molecule has 1 aliphatic heterocycles. The maximum absolute atomic E-state index is 15.8. The second-order valence-corrected chi connectivity index (χ2v) is 26.0. The number of methoxy groups -OCH3 is 2. The summed E-state index contributed by atoms with van der Waals surface area (Å²) < 4.78 is 47.1. The van der Waals surface area contributed by atoms with Gasteiger partial charge in [-0.1, -0.05) is 66.5 Å². The van der Waals surface area contributed by atoms with Crippen molar-refractivity contribution in [2.45, 2.75) is 166 Å². The molecule has 0 N–H and O–H groups in total. The molecule has 250 valence electrons. The molecule has 0 spiro atoms. The van der Waals surface area contributed by atoms with Crippen LogP contribution in [0.1, 0.15) is 99.3 Å². The van der Waals surface area contributed by atoms with Crippen molar-refractivity contribution in [1.29, 1.82) is 0 Å². The lowest BCUT2D eigenvalue weighted by atomic mass is 9.86. The van der Waals surface area contributed by atoms with Crippen LogP contribution in [-0.4, -0.2) is 67.1 Å². The van der Waals surface area contributed by atoms with E-state index in [1.807, 2.05) is 0 Å². The van der Waals surface area contributed by atoms with E-state index in [4.69, 9.17) is 23.1 Å². The summed E-state index contributed by atoms with van der Waals surface area (Å²) >= 11 is 0. The number of carbonyl (C=O) groups excluding carboxylic acids is 1. The van der Waals surface area contributed by atoms with E-state index in [1.165, 1.54) is 32.8 Å². The highest BCUT2D eigenvalue weighted by Crippen LogP contribution is 2.53. The zero-order valence-electron chi connectivity index (χ0n) is 29.4. The summed E-state index contributed by atoms with van der Waals surface area (Å²) in [5.41, 5.74) is 0. The first-order valence-corrected chi connectivity index (χ1v) is 22.6. The number of ether oxygens (including phenoxy) is 3. The van der Waals surface area contributed by atoms with Gasteiger partial charge in [-0.15, -0.1) is 0 Å². The summed E-state index contributed by atoms with van der Waals surface area (Å²) in [6.45, 7) is 23.0. The first-order valence-electron chi connectivity index (χ1n) is 16.7. The molecule has 9 heteroatoms. The molecule has 0 aromatic heterocycles. The molecule has 2 saturated carbocycles. The average Bonchev–Trinajstić information content (AvgIpc) is 3.61. The van der Waals surface area contributed by atoms with Crippen LogP contribution in [0.5, 0.6) is 0 Å². The molecule has 3 rings (SSSR count). The molecule has 1 saturated heterocycles. The second-order valence-electron chi connectivity index (χ2n) is 16.5. The minimum Gasteiger partial charge on any atom is -0.469 e. The quantitative estimate of drug-likeness (QED) is 0.114. The van der Waals surface area contributed by atoms with Gasteiger partial charge >= 0.3 is 5.97 Å². The number of fused-ring (bicyclic) bond motifs is 1. The van der Waals surface area contributed by atoms with E-state index in [9.17, 15) is 4.79 Å². The summed E-state index contributed by atoms with van der Waals surface area (Å²) in [4.78, 5) is 11.6. The zero-order chi connectivity index (χ0) is 32.4. The topological polar surface area (TPSA) is 63.2 Å². The maximum Gasteiger partial charge on any atom is 0.305 e. The average molecular weight is 643 g/mol. The van der Waals surface area contributed by atoms with Crippen LogP contribution >= 0.6 is 0 Å². The Morgan fingerprint density at radius 2 is 1.63 bits per heavy atom. The molecule has 6 nitrogen and oxygen atoms in total. The standard InChI is InChI=1S/C34H63FO6Si2/c1-32(2,3)42(9,10)40-27(24-16-13-14-17-24)21-20-25-26-23-34(38-8,30(35)18-15-19-31(36)37-7)39-28(26)22-29(25)41-43(11,12)33(4,5)6/h20-21,24-30H,13-19,22-23H2,1-12H3/b21-20+/t25-,26-,27+,28+,29-,30-,34-/m1/s1. The van der Waals surface area contributed by atoms with Crippen molar-refractivity contribution < 1.29 is 32.2 Å². The molecular weight excluding hydrogens is 580 g/mol. The van der Waals surface area contributed by atoms with Gasteiger partial charge in [-0.2, -0.15) is 0 Å². The lowest BCUT2D eigenvalue weighted by Crippen LogP contribution is -2.46. The normalized spacial score (nSPS) is 30.6. The third-order valence-electron chi connectivity index (χ3n) is 11.5. The van der Waals surface area contributed by atoms with Gasteiger partial charge in [0.2, 0.25) is 0 Å². The number of carbonyl (C=O) groups is 1. The molecule has 1 heterocycles. The number of halogens is 1. The summed E-state index contributed by atoms with van der Waals surface area (Å²) in [5.74, 6) is -0.921. The second kappa shape index (κ2) is 14.0. The summed E-state index contributed by atoms with van der Waals surface area (Å²) in [5, 5.41) is 0.211. The van der Waals surface area contributed by atoms with Gasteiger partial charge in [-0.25, -0.2) is 4.39 Å². The molecule has 43 heavy (non-hydrogen) atoms. The van der Waals surface area contributed by atoms with E-state index in [2.05, 4.69) is 79.9 Å². The van der Waals surface area contributed by atoms with Crippen LogP contribution in [0.15, 0.2) is 12.2 Å². The lowest BCUT2D eigenvalue weighted by Gasteiger charge is -2.41. The Bertz CT molecular complexity index is 952. The Balaban J connectivity index is 1.89. The SMILES string of the molecule is COC(=O)CCC[C@@H](F)[C@@]1(OC)C[C@@H]2[C@@H](/C=C/[C@H](O[Si](C)(C)C(C)(C)C)C3CCCC3)[C@H](O[Si](C)(C)C(C)(C)C)C[C@@H]2O1. The van der Waals surface area contributed by atoms with Gasteiger partial charge in [-0.3, -0.25) is 4.79 Å². The molecule has 3 fully saturated rings. The van der Waals surface area contributed by atoms with Gasteiger partial charge < -0.3 is 23.1 Å². The van der Waals surface area contributed by atoms with Crippen LogP contribution < -0.4 is 0 Å². The molecule has 0 aromatic carbocycles. The van der Waals surface area contributed by atoms with Crippen molar-refractivity contribution in [1.82, 2.24) is 0 Å². The van der Waals surface area contributed by atoms with Crippen LogP contribution in [-0.2, 0) is 27.9 Å². The summed E-state index contributed by atoms with van der Waals surface area (Å²) in [7, 11) is -1.15. The molecule has 0 unspecified atom stereocenters. The van der Waals surface area contributed by atoms with Crippen LogP contribution in [0.2, 0.25) is 36.3 Å². The highest BCUT2D eigenvalue weighted by molar-refractivity contribution is 6.74. The first kappa shape index (κ1) is 36.9. The molecule has 7 atom stereocenters. The monoisotopic (exact) mass is 642 g/mol. The molecular formula is C34H63FO6Si2. The third kappa shape index (κ3) is 8.62. The molecule has 0 aromatic rings. The van der Waals surface area contributed by atoms with Crippen molar-refractivity contribution in [2.75, 3.05) is 14.2 Å². The maximum atomic E-state index is 15.8. The number of hydrogen-bond donors (Lipinski definition) is 0. The Hall–Kier alpha value is -0.586. The largest absolute Gasteiger partial charge is 0.469 e. The van der Waals surface area contributed by atoms with Crippen molar-refractivity contribution in [3.05, 3.63) is 12.2 Å². The lowest BCUT2D eigenvalue weighted by molar-refractivity contribution is -0.248. The van der Waals surface area contributed by atoms with E-state index < -0.39 is 28.6 Å². The fourth-order valence-corrected chi connectivity index (χ4v) is 9.28. The number of esters is 1. The number of rotatable bonds is 13. The van der Waals surface area contributed by atoms with E-state index in [-0.39, 0.29) is 59.0 Å². The van der Waals surface area contributed by atoms with E-state index in [0.29, 0.717) is 18.8 Å². The van der Waals surface area contributed by atoms with Gasteiger partial charge in [0, 0.05) is 25.9 Å². The summed E-state index contributed by atoms with van der Waals surface area (Å²) in [6.07, 6.45) is 10.2. The predicted octanol–water partition coefficient (Wildman–Crippen LogP) is 8.96. The van der Waals surface area contributed by atoms with Crippen molar-refractivity contribution in [3.63, 3.8) is 0 Å². The molecule has 0 radical (unpaired) electrons. The third-order valence-corrected chi connectivity index (χ3v) is 20.5. The van der Waals surface area contributed by atoms with Gasteiger partial charge in [0.1, 0.15) is 0 Å². The fraction of sp³-hybridized carbons (Fsp3) is 0.912. The van der Waals surface area contributed by atoms with Gasteiger partial charge in [0.15, 0.2) is 28.6 Å². The van der Waals surface area contributed by atoms with Crippen LogP contribution in [0, 0.1) is 17.8 Å². The number of alkyl halides is 1.